The van der Waals surface area contributed by atoms with Gasteiger partial charge in [-0.25, -0.2) is 4.79 Å². The van der Waals surface area contributed by atoms with Gasteiger partial charge in [0.15, 0.2) is 0 Å². The first-order valence-corrected chi connectivity index (χ1v) is 11.8. The maximum atomic E-state index is 11.8. The maximum absolute atomic E-state index is 11.8. The summed E-state index contributed by atoms with van der Waals surface area (Å²) in [7, 11) is 0. The molecule has 0 aromatic heterocycles. The number of carbonyl (C=O) groups excluding carboxylic acids is 1. The zero-order chi connectivity index (χ0) is 23.3. The number of unbranched alkanes of at least 4 members (excludes halogenated alkanes) is 13. The minimum absolute atomic E-state index is 0.108. The number of hydrogen-bond acceptors (Lipinski definition) is 4. The molecule has 0 fully saturated rings. The molecule has 4 N–H and O–H groups in total. The van der Waals surface area contributed by atoms with Gasteiger partial charge in [0.2, 0.25) is 5.91 Å². The van der Waals surface area contributed by atoms with Crippen molar-refractivity contribution in [3.05, 3.63) is 0 Å². The molecule has 0 spiro atoms. The number of amides is 1. The lowest BCUT2D eigenvalue weighted by atomic mass is 10.0. The van der Waals surface area contributed by atoms with Crippen molar-refractivity contribution in [2.45, 2.75) is 122 Å². The Balaban J connectivity index is 3.43. The van der Waals surface area contributed by atoms with Crippen LogP contribution in [0.3, 0.4) is 0 Å². The van der Waals surface area contributed by atoms with Gasteiger partial charge in [0.05, 0.1) is 0 Å². The minimum Gasteiger partial charge on any atom is -0.481 e. The predicted octanol–water partition coefficient (Wildman–Crippen LogP) is 4.75. The minimum atomic E-state index is -1.20. The van der Waals surface area contributed by atoms with Crippen LogP contribution in [-0.2, 0) is 19.2 Å². The van der Waals surface area contributed by atoms with Gasteiger partial charge in [0, 0.05) is 19.3 Å². The highest BCUT2D eigenvalue weighted by atomic mass is 16.4. The molecular formula is C23H41NO7. The number of carboxylic acid groups (broad SMARTS) is 3. The second-order valence-corrected chi connectivity index (χ2v) is 8.23. The smallest absolute Gasteiger partial charge is 0.326 e. The van der Waals surface area contributed by atoms with E-state index >= 15 is 0 Å². The largest absolute Gasteiger partial charge is 0.481 e. The molecule has 0 radical (unpaired) electrons. The van der Waals surface area contributed by atoms with Crippen molar-refractivity contribution in [3.8, 4) is 0 Å². The standard InChI is InChI=1S/C23H41NO7/c25-20(24-19(23(30)31)17-18-22(28)29)15-13-11-9-7-5-3-1-2-4-6-8-10-12-14-16-21(26)27/h19H,1-18H2,(H,24,25)(H,26,27)(H,28,29)(H,30,31)/t19-/m0/s1. The van der Waals surface area contributed by atoms with Crippen LogP contribution in [0.4, 0.5) is 0 Å². The molecule has 0 bridgehead atoms. The zero-order valence-corrected chi connectivity index (χ0v) is 18.8. The van der Waals surface area contributed by atoms with Gasteiger partial charge >= 0.3 is 17.9 Å². The molecule has 0 unspecified atom stereocenters. The zero-order valence-electron chi connectivity index (χ0n) is 18.8. The van der Waals surface area contributed by atoms with E-state index in [2.05, 4.69) is 5.32 Å². The molecule has 8 heteroatoms. The Morgan fingerprint density at radius 2 is 0.871 bits per heavy atom. The molecule has 0 aliphatic carbocycles. The number of nitrogens with one attached hydrogen (secondary N) is 1. The highest BCUT2D eigenvalue weighted by Gasteiger charge is 2.20. The van der Waals surface area contributed by atoms with Crippen molar-refractivity contribution in [3.63, 3.8) is 0 Å². The molecule has 0 saturated carbocycles. The summed E-state index contributed by atoms with van der Waals surface area (Å²) in [5.41, 5.74) is 0. The second-order valence-electron chi connectivity index (χ2n) is 8.23. The van der Waals surface area contributed by atoms with E-state index in [1.807, 2.05) is 0 Å². The lowest BCUT2D eigenvalue weighted by Gasteiger charge is -2.13. The maximum Gasteiger partial charge on any atom is 0.326 e. The summed E-state index contributed by atoms with van der Waals surface area (Å²) in [4.78, 5) is 43.8. The van der Waals surface area contributed by atoms with Gasteiger partial charge in [0.25, 0.3) is 0 Å². The van der Waals surface area contributed by atoms with Crippen LogP contribution in [0, 0.1) is 0 Å². The number of hydrogen-bond donors (Lipinski definition) is 4. The number of aliphatic carboxylic acids is 3. The Hall–Kier alpha value is -2.12. The Bertz CT molecular complexity index is 522. The first kappa shape index (κ1) is 28.9. The van der Waals surface area contributed by atoms with Gasteiger partial charge in [-0.1, -0.05) is 77.0 Å². The number of carbonyl (C=O) groups is 4. The monoisotopic (exact) mass is 443 g/mol. The van der Waals surface area contributed by atoms with Gasteiger partial charge in [-0.3, -0.25) is 14.4 Å². The molecule has 0 aromatic carbocycles. The lowest BCUT2D eigenvalue weighted by Crippen LogP contribution is -2.41. The fraction of sp³-hybridized carbons (Fsp3) is 0.826. The topological polar surface area (TPSA) is 141 Å². The molecule has 0 aromatic rings. The summed E-state index contributed by atoms with van der Waals surface area (Å²) >= 11 is 0. The van der Waals surface area contributed by atoms with Crippen LogP contribution in [0.25, 0.3) is 0 Å². The first-order valence-electron chi connectivity index (χ1n) is 11.8. The molecule has 0 aliphatic heterocycles. The quantitative estimate of drug-likeness (QED) is 0.177. The number of carboxylic acids is 3. The number of rotatable bonds is 22. The molecule has 31 heavy (non-hydrogen) atoms. The van der Waals surface area contributed by atoms with Crippen molar-refractivity contribution < 1.29 is 34.5 Å². The van der Waals surface area contributed by atoms with E-state index in [-0.39, 0.29) is 31.6 Å². The summed E-state index contributed by atoms with van der Waals surface area (Å²) in [6, 6.07) is -1.14. The average molecular weight is 444 g/mol. The van der Waals surface area contributed by atoms with Crippen LogP contribution in [-0.4, -0.2) is 45.2 Å². The molecule has 1 atom stereocenters. The van der Waals surface area contributed by atoms with Gasteiger partial charge < -0.3 is 20.6 Å². The normalized spacial score (nSPS) is 11.7. The lowest BCUT2D eigenvalue weighted by molar-refractivity contribution is -0.143. The van der Waals surface area contributed by atoms with Crippen LogP contribution in [0.15, 0.2) is 0 Å². The third-order valence-corrected chi connectivity index (χ3v) is 5.32. The molecule has 0 saturated heterocycles. The van der Waals surface area contributed by atoms with Crippen molar-refractivity contribution >= 4 is 23.8 Å². The van der Waals surface area contributed by atoms with Crippen LogP contribution >= 0.6 is 0 Å². The molecule has 8 nitrogen and oxygen atoms in total. The summed E-state index contributed by atoms with van der Waals surface area (Å²) < 4.78 is 0. The van der Waals surface area contributed by atoms with E-state index in [4.69, 9.17) is 15.3 Å². The van der Waals surface area contributed by atoms with E-state index in [9.17, 15) is 19.2 Å². The van der Waals surface area contributed by atoms with Gasteiger partial charge in [-0.05, 0) is 19.3 Å². The van der Waals surface area contributed by atoms with E-state index in [1.54, 1.807) is 0 Å². The predicted molar refractivity (Wildman–Crippen MR) is 118 cm³/mol. The van der Waals surface area contributed by atoms with Crippen LogP contribution < -0.4 is 5.32 Å². The van der Waals surface area contributed by atoms with Gasteiger partial charge in [-0.2, -0.15) is 0 Å². The van der Waals surface area contributed by atoms with Crippen molar-refractivity contribution in [2.24, 2.45) is 0 Å². The van der Waals surface area contributed by atoms with E-state index in [0.29, 0.717) is 6.42 Å². The average Bonchev–Trinajstić information content (AvgIpc) is 2.70. The summed E-state index contributed by atoms with van der Waals surface area (Å²) in [6.07, 6.45) is 15.5. The molecule has 1 amide bonds. The molecule has 0 aliphatic rings. The highest BCUT2D eigenvalue weighted by molar-refractivity contribution is 5.83. The highest BCUT2D eigenvalue weighted by Crippen LogP contribution is 2.14. The fourth-order valence-electron chi connectivity index (χ4n) is 3.47. The van der Waals surface area contributed by atoms with Crippen LogP contribution in [0.1, 0.15) is 116 Å². The molecule has 0 heterocycles. The summed E-state index contributed by atoms with van der Waals surface area (Å²) in [6.45, 7) is 0. The third kappa shape index (κ3) is 20.9. The second kappa shape index (κ2) is 19.8. The summed E-state index contributed by atoms with van der Waals surface area (Å²) in [5.74, 6) is -3.32. The molecular weight excluding hydrogens is 402 g/mol. The van der Waals surface area contributed by atoms with E-state index in [0.717, 1.165) is 38.5 Å². The first-order chi connectivity index (χ1) is 14.8. The van der Waals surface area contributed by atoms with E-state index < -0.39 is 23.9 Å². The van der Waals surface area contributed by atoms with Crippen molar-refractivity contribution in [1.29, 1.82) is 0 Å². The van der Waals surface area contributed by atoms with Gasteiger partial charge in [-0.15, -0.1) is 0 Å². The van der Waals surface area contributed by atoms with Crippen molar-refractivity contribution in [2.75, 3.05) is 0 Å². The Morgan fingerprint density at radius 1 is 0.516 bits per heavy atom. The fourth-order valence-corrected chi connectivity index (χ4v) is 3.47. The van der Waals surface area contributed by atoms with Crippen molar-refractivity contribution in [1.82, 2.24) is 5.32 Å². The Labute approximate surface area is 185 Å². The molecule has 0 rings (SSSR count). The molecule has 180 valence electrons. The Morgan fingerprint density at radius 3 is 1.23 bits per heavy atom. The van der Waals surface area contributed by atoms with E-state index in [1.165, 1.54) is 44.9 Å². The summed E-state index contributed by atoms with van der Waals surface area (Å²) in [5, 5.41) is 28.6. The van der Waals surface area contributed by atoms with Crippen LogP contribution in [0.5, 0.6) is 0 Å². The Kier molecular flexibility index (Phi) is 18.5. The third-order valence-electron chi connectivity index (χ3n) is 5.32. The van der Waals surface area contributed by atoms with Crippen LogP contribution in [0.2, 0.25) is 0 Å². The van der Waals surface area contributed by atoms with Gasteiger partial charge in [0.1, 0.15) is 6.04 Å². The SMILES string of the molecule is O=C(O)CCCCCCCCCCCCCCCCC(=O)N[C@@H](CCC(=O)O)C(=O)O.